The molecule has 8 nitrogen and oxygen atoms in total. The number of methoxy groups -OCH3 is 3. The van der Waals surface area contributed by atoms with Gasteiger partial charge in [-0.1, -0.05) is 48.5 Å². The van der Waals surface area contributed by atoms with E-state index in [4.69, 9.17) is 14.2 Å². The number of carbonyl (C=O) groups excluding carboxylic acids is 1. The maximum atomic E-state index is 13.3. The van der Waals surface area contributed by atoms with Crippen LogP contribution >= 0.6 is 0 Å². The Morgan fingerprint density at radius 2 is 1.46 bits per heavy atom. The van der Waals surface area contributed by atoms with Crippen molar-refractivity contribution in [1.82, 2.24) is 10.0 Å². The van der Waals surface area contributed by atoms with E-state index in [1.54, 1.807) is 13.2 Å². The molecule has 0 bridgehead atoms. The summed E-state index contributed by atoms with van der Waals surface area (Å²) in [5.74, 6) is 0.835. The van der Waals surface area contributed by atoms with Crippen molar-refractivity contribution in [3.63, 3.8) is 0 Å². The van der Waals surface area contributed by atoms with E-state index in [2.05, 4.69) is 10.0 Å². The normalized spacial score (nSPS) is 12.9. The molecule has 0 saturated heterocycles. The number of sulfonamides is 1. The highest BCUT2D eigenvalue weighted by atomic mass is 32.2. The molecule has 0 aliphatic carbocycles. The minimum absolute atomic E-state index is 0.0428. The zero-order valence-electron chi connectivity index (χ0n) is 20.1. The van der Waals surface area contributed by atoms with Gasteiger partial charge in [-0.15, -0.1) is 0 Å². The molecule has 0 unspecified atom stereocenters. The SMILES string of the molecule is COc1ccc(S(=O)(=O)N[C@H](Cc2ccccc2)C(=O)N[C@H](C)c2ccccc2OC)cc1OC. The van der Waals surface area contributed by atoms with Crippen LogP contribution in [-0.2, 0) is 21.2 Å². The van der Waals surface area contributed by atoms with Crippen LogP contribution in [0.5, 0.6) is 17.2 Å². The van der Waals surface area contributed by atoms with Crippen LogP contribution in [0.15, 0.2) is 77.7 Å². The Morgan fingerprint density at radius 1 is 0.829 bits per heavy atom. The lowest BCUT2D eigenvalue weighted by atomic mass is 10.0. The molecular formula is C26H30N2O6S. The summed E-state index contributed by atoms with van der Waals surface area (Å²) in [6, 6.07) is 19.3. The van der Waals surface area contributed by atoms with Gasteiger partial charge < -0.3 is 19.5 Å². The van der Waals surface area contributed by atoms with Crippen molar-refractivity contribution in [3.8, 4) is 17.2 Å². The van der Waals surface area contributed by atoms with Crippen LogP contribution in [0.4, 0.5) is 0 Å². The Morgan fingerprint density at radius 3 is 2.11 bits per heavy atom. The van der Waals surface area contributed by atoms with Gasteiger partial charge in [0.2, 0.25) is 15.9 Å². The molecule has 3 aromatic carbocycles. The van der Waals surface area contributed by atoms with Gasteiger partial charge in [-0.05, 0) is 37.1 Å². The summed E-state index contributed by atoms with van der Waals surface area (Å²) in [7, 11) is 0.381. The van der Waals surface area contributed by atoms with Gasteiger partial charge in [-0.3, -0.25) is 4.79 Å². The number of hydrogen-bond acceptors (Lipinski definition) is 6. The molecular weight excluding hydrogens is 468 g/mol. The lowest BCUT2D eigenvalue weighted by Gasteiger charge is -2.23. The lowest BCUT2D eigenvalue weighted by molar-refractivity contribution is -0.123. The summed E-state index contributed by atoms with van der Waals surface area (Å²) in [4.78, 5) is 13.3. The molecule has 2 N–H and O–H groups in total. The molecule has 1 amide bonds. The fourth-order valence-corrected chi connectivity index (χ4v) is 4.90. The van der Waals surface area contributed by atoms with E-state index in [0.29, 0.717) is 11.5 Å². The summed E-state index contributed by atoms with van der Waals surface area (Å²) in [6.07, 6.45) is 0.165. The Bertz CT molecular complexity index is 1250. The molecule has 186 valence electrons. The first-order valence-electron chi connectivity index (χ1n) is 11.0. The Kier molecular flexibility index (Phi) is 8.73. The fourth-order valence-electron chi connectivity index (χ4n) is 3.69. The lowest BCUT2D eigenvalue weighted by Crippen LogP contribution is -2.48. The predicted octanol–water partition coefficient (Wildman–Crippen LogP) is 3.48. The van der Waals surface area contributed by atoms with E-state index in [1.165, 1.54) is 32.4 Å². The Balaban J connectivity index is 1.88. The van der Waals surface area contributed by atoms with Crippen LogP contribution in [0, 0.1) is 0 Å². The van der Waals surface area contributed by atoms with E-state index in [0.717, 1.165) is 11.1 Å². The molecule has 0 aliphatic heterocycles. The number of benzene rings is 3. The molecule has 0 saturated carbocycles. The van der Waals surface area contributed by atoms with Gasteiger partial charge in [-0.2, -0.15) is 4.72 Å². The van der Waals surface area contributed by atoms with Crippen molar-refractivity contribution in [2.45, 2.75) is 30.3 Å². The van der Waals surface area contributed by atoms with Crippen molar-refractivity contribution < 1.29 is 27.4 Å². The maximum absolute atomic E-state index is 13.3. The van der Waals surface area contributed by atoms with Gasteiger partial charge in [0.25, 0.3) is 0 Å². The van der Waals surface area contributed by atoms with Gasteiger partial charge >= 0.3 is 0 Å². The van der Waals surface area contributed by atoms with Gasteiger partial charge in [-0.25, -0.2) is 8.42 Å². The van der Waals surface area contributed by atoms with Gasteiger partial charge in [0, 0.05) is 11.6 Å². The summed E-state index contributed by atoms with van der Waals surface area (Å²) < 4.78 is 44.9. The zero-order chi connectivity index (χ0) is 25.4. The van der Waals surface area contributed by atoms with E-state index in [1.807, 2.05) is 55.5 Å². The molecule has 3 rings (SSSR count). The number of para-hydroxylation sites is 1. The molecule has 35 heavy (non-hydrogen) atoms. The van der Waals surface area contributed by atoms with Crippen molar-refractivity contribution in [1.29, 1.82) is 0 Å². The molecule has 0 heterocycles. The predicted molar refractivity (Wildman–Crippen MR) is 133 cm³/mol. The third-order valence-electron chi connectivity index (χ3n) is 5.53. The van der Waals surface area contributed by atoms with Crippen LogP contribution in [0.25, 0.3) is 0 Å². The molecule has 0 fully saturated rings. The minimum atomic E-state index is -4.07. The average molecular weight is 499 g/mol. The number of ether oxygens (including phenoxy) is 3. The fraction of sp³-hybridized carbons (Fsp3) is 0.269. The first-order chi connectivity index (χ1) is 16.8. The molecule has 0 aliphatic rings. The zero-order valence-corrected chi connectivity index (χ0v) is 21.0. The first-order valence-corrected chi connectivity index (χ1v) is 12.5. The van der Waals surface area contributed by atoms with Gasteiger partial charge in [0.15, 0.2) is 11.5 Å². The summed E-state index contributed by atoms with van der Waals surface area (Å²) in [6.45, 7) is 1.82. The van der Waals surface area contributed by atoms with Crippen molar-refractivity contribution in [2.24, 2.45) is 0 Å². The third kappa shape index (κ3) is 6.52. The second kappa shape index (κ2) is 11.7. The van der Waals surface area contributed by atoms with Crippen LogP contribution in [-0.4, -0.2) is 41.7 Å². The number of carbonyl (C=O) groups is 1. The van der Waals surface area contributed by atoms with Crippen LogP contribution in [0.3, 0.4) is 0 Å². The smallest absolute Gasteiger partial charge is 0.241 e. The highest BCUT2D eigenvalue weighted by Crippen LogP contribution is 2.29. The van der Waals surface area contributed by atoms with Crippen LogP contribution < -0.4 is 24.2 Å². The first kappa shape index (κ1) is 26.1. The standard InChI is InChI=1S/C26H30N2O6S/c1-18(21-12-8-9-13-23(21)32-2)27-26(29)22(16-19-10-6-5-7-11-19)28-35(30,31)20-14-15-24(33-3)25(17-20)34-4/h5-15,17-18,22,28H,16H2,1-4H3,(H,27,29)/t18-,22-/m1/s1. The Hall–Kier alpha value is -3.56. The summed E-state index contributed by atoms with van der Waals surface area (Å²) in [5, 5.41) is 2.92. The van der Waals surface area contributed by atoms with E-state index >= 15 is 0 Å². The molecule has 0 aromatic heterocycles. The third-order valence-corrected chi connectivity index (χ3v) is 7.00. The molecule has 3 aromatic rings. The monoisotopic (exact) mass is 498 g/mol. The highest BCUT2D eigenvalue weighted by molar-refractivity contribution is 7.89. The Labute approximate surface area is 206 Å². The maximum Gasteiger partial charge on any atom is 0.241 e. The van der Waals surface area contributed by atoms with Gasteiger partial charge in [0.1, 0.15) is 11.8 Å². The van der Waals surface area contributed by atoms with Crippen molar-refractivity contribution in [2.75, 3.05) is 21.3 Å². The second-order valence-corrected chi connectivity index (χ2v) is 9.57. The second-order valence-electron chi connectivity index (χ2n) is 7.85. The average Bonchev–Trinajstić information content (AvgIpc) is 2.88. The molecule has 2 atom stereocenters. The number of rotatable bonds is 11. The van der Waals surface area contributed by atoms with E-state index in [-0.39, 0.29) is 17.1 Å². The molecule has 9 heteroatoms. The topological polar surface area (TPSA) is 103 Å². The summed E-state index contributed by atoms with van der Waals surface area (Å²) >= 11 is 0. The number of hydrogen-bond donors (Lipinski definition) is 2. The van der Waals surface area contributed by atoms with Crippen LogP contribution in [0.2, 0.25) is 0 Å². The number of nitrogens with one attached hydrogen (secondary N) is 2. The van der Waals surface area contributed by atoms with E-state index < -0.39 is 28.0 Å². The van der Waals surface area contributed by atoms with Gasteiger partial charge in [0.05, 0.1) is 32.3 Å². The number of amides is 1. The van der Waals surface area contributed by atoms with Crippen molar-refractivity contribution in [3.05, 3.63) is 83.9 Å². The quantitative estimate of drug-likeness (QED) is 0.420. The molecule has 0 radical (unpaired) electrons. The molecule has 0 spiro atoms. The van der Waals surface area contributed by atoms with Crippen LogP contribution in [0.1, 0.15) is 24.1 Å². The minimum Gasteiger partial charge on any atom is -0.496 e. The van der Waals surface area contributed by atoms with E-state index in [9.17, 15) is 13.2 Å². The highest BCUT2D eigenvalue weighted by Gasteiger charge is 2.28. The largest absolute Gasteiger partial charge is 0.496 e. The van der Waals surface area contributed by atoms with Crippen molar-refractivity contribution >= 4 is 15.9 Å². The summed E-state index contributed by atoms with van der Waals surface area (Å²) in [5.41, 5.74) is 1.59.